The molecule has 0 N–H and O–H groups in total. The van der Waals surface area contributed by atoms with Gasteiger partial charge in [-0.05, 0) is 43.0 Å². The fraction of sp³-hybridized carbons (Fsp3) is 0.294. The number of rotatable bonds is 3. The molecule has 21 heavy (non-hydrogen) atoms. The topological polar surface area (TPSA) is 30.0 Å². The van der Waals surface area contributed by atoms with Crippen molar-refractivity contribution in [2.24, 2.45) is 0 Å². The second kappa shape index (κ2) is 5.72. The standard InChI is InChI=1S/C17H15F2NO/c18-14-7-2-8-15(19)13(14)10-16(21)12-6-1-4-11-5-3-9-20-17(11)12/h2-3,5,7-9,12H,1,4,6,10H2. The van der Waals surface area contributed by atoms with Gasteiger partial charge in [0, 0.05) is 18.2 Å². The molecule has 0 saturated heterocycles. The highest BCUT2D eigenvalue weighted by Crippen LogP contribution is 2.31. The van der Waals surface area contributed by atoms with Crippen molar-refractivity contribution in [3.63, 3.8) is 0 Å². The summed E-state index contributed by atoms with van der Waals surface area (Å²) in [6.07, 6.45) is 3.93. The molecule has 2 nitrogen and oxygen atoms in total. The molecule has 0 spiro atoms. The van der Waals surface area contributed by atoms with Gasteiger partial charge in [-0.15, -0.1) is 0 Å². The van der Waals surface area contributed by atoms with E-state index in [2.05, 4.69) is 4.98 Å². The fourth-order valence-electron chi connectivity index (χ4n) is 2.92. The Morgan fingerprint density at radius 2 is 1.95 bits per heavy atom. The summed E-state index contributed by atoms with van der Waals surface area (Å²) < 4.78 is 27.3. The first-order valence-electron chi connectivity index (χ1n) is 7.06. The Balaban J connectivity index is 1.87. The zero-order valence-corrected chi connectivity index (χ0v) is 11.5. The summed E-state index contributed by atoms with van der Waals surface area (Å²) in [7, 11) is 0. The maximum atomic E-state index is 13.7. The van der Waals surface area contributed by atoms with Crippen LogP contribution in [0.2, 0.25) is 0 Å². The largest absolute Gasteiger partial charge is 0.299 e. The van der Waals surface area contributed by atoms with Crippen molar-refractivity contribution in [3.8, 4) is 0 Å². The molecule has 1 atom stereocenters. The van der Waals surface area contributed by atoms with Crippen molar-refractivity contribution in [1.82, 2.24) is 4.98 Å². The van der Waals surface area contributed by atoms with E-state index in [4.69, 9.17) is 0 Å². The Bertz CT molecular complexity index is 664. The number of carbonyl (C=O) groups excluding carboxylic acids is 1. The van der Waals surface area contributed by atoms with E-state index in [9.17, 15) is 13.6 Å². The van der Waals surface area contributed by atoms with E-state index in [0.29, 0.717) is 6.42 Å². The molecule has 1 unspecified atom stereocenters. The molecule has 1 aliphatic rings. The lowest BCUT2D eigenvalue weighted by molar-refractivity contribution is -0.120. The van der Waals surface area contributed by atoms with Crippen molar-refractivity contribution in [2.45, 2.75) is 31.6 Å². The highest BCUT2D eigenvalue weighted by Gasteiger charge is 2.28. The van der Waals surface area contributed by atoms with Gasteiger partial charge in [-0.3, -0.25) is 9.78 Å². The molecule has 4 heteroatoms. The van der Waals surface area contributed by atoms with Crippen LogP contribution in [0.3, 0.4) is 0 Å². The monoisotopic (exact) mass is 287 g/mol. The molecule has 0 saturated carbocycles. The van der Waals surface area contributed by atoms with Gasteiger partial charge < -0.3 is 0 Å². The fourth-order valence-corrected chi connectivity index (χ4v) is 2.92. The summed E-state index contributed by atoms with van der Waals surface area (Å²) in [5.41, 5.74) is 1.69. The summed E-state index contributed by atoms with van der Waals surface area (Å²) in [6, 6.07) is 7.47. The average molecular weight is 287 g/mol. The van der Waals surface area contributed by atoms with Crippen molar-refractivity contribution in [3.05, 3.63) is 65.0 Å². The minimum atomic E-state index is -0.666. The van der Waals surface area contributed by atoms with Gasteiger partial charge in [0.2, 0.25) is 0 Å². The normalized spacial score (nSPS) is 17.3. The van der Waals surface area contributed by atoms with Crippen LogP contribution in [-0.4, -0.2) is 10.8 Å². The maximum absolute atomic E-state index is 13.7. The minimum Gasteiger partial charge on any atom is -0.299 e. The van der Waals surface area contributed by atoms with E-state index in [1.807, 2.05) is 12.1 Å². The summed E-state index contributed by atoms with van der Waals surface area (Å²) in [4.78, 5) is 16.8. The molecule has 0 amide bonds. The number of fused-ring (bicyclic) bond motifs is 1. The summed E-state index contributed by atoms with van der Waals surface area (Å²) in [5.74, 6) is -1.85. The highest BCUT2D eigenvalue weighted by atomic mass is 19.1. The molecule has 0 fully saturated rings. The van der Waals surface area contributed by atoms with Crippen LogP contribution in [0.15, 0.2) is 36.5 Å². The summed E-state index contributed by atoms with van der Waals surface area (Å²) in [5, 5.41) is 0. The minimum absolute atomic E-state index is 0.148. The Morgan fingerprint density at radius 3 is 2.71 bits per heavy atom. The molecule has 3 rings (SSSR count). The van der Waals surface area contributed by atoms with Gasteiger partial charge in [0.05, 0.1) is 11.6 Å². The Morgan fingerprint density at radius 1 is 1.19 bits per heavy atom. The average Bonchev–Trinajstić information content (AvgIpc) is 2.50. The van der Waals surface area contributed by atoms with Gasteiger partial charge in [0.1, 0.15) is 17.4 Å². The quantitative estimate of drug-likeness (QED) is 0.863. The van der Waals surface area contributed by atoms with E-state index in [1.165, 1.54) is 18.2 Å². The maximum Gasteiger partial charge on any atom is 0.146 e. The van der Waals surface area contributed by atoms with Crippen LogP contribution < -0.4 is 0 Å². The number of hydrogen-bond acceptors (Lipinski definition) is 2. The molecule has 0 aliphatic heterocycles. The number of benzene rings is 1. The van der Waals surface area contributed by atoms with Gasteiger partial charge in [-0.25, -0.2) is 8.78 Å². The summed E-state index contributed by atoms with van der Waals surface area (Å²) in [6.45, 7) is 0. The van der Waals surface area contributed by atoms with Crippen molar-refractivity contribution in [2.75, 3.05) is 0 Å². The second-order valence-electron chi connectivity index (χ2n) is 5.34. The molecule has 1 aliphatic carbocycles. The van der Waals surface area contributed by atoms with Crippen LogP contribution in [0.4, 0.5) is 8.78 Å². The second-order valence-corrected chi connectivity index (χ2v) is 5.34. The SMILES string of the molecule is O=C(Cc1c(F)cccc1F)C1CCCc2cccnc21. The van der Waals surface area contributed by atoms with Crippen molar-refractivity contribution < 1.29 is 13.6 Å². The molecule has 0 radical (unpaired) electrons. The Kier molecular flexibility index (Phi) is 3.78. The number of aromatic nitrogens is 1. The first kappa shape index (κ1) is 13.9. The molecule has 0 bridgehead atoms. The number of halogens is 2. The molecule has 1 aromatic heterocycles. The number of aryl methyl sites for hydroxylation is 1. The smallest absolute Gasteiger partial charge is 0.146 e. The van der Waals surface area contributed by atoms with Gasteiger partial charge >= 0.3 is 0 Å². The van der Waals surface area contributed by atoms with Gasteiger partial charge in [-0.2, -0.15) is 0 Å². The van der Waals surface area contributed by atoms with Gasteiger partial charge in [0.25, 0.3) is 0 Å². The van der Waals surface area contributed by atoms with E-state index >= 15 is 0 Å². The van der Waals surface area contributed by atoms with Crippen molar-refractivity contribution in [1.29, 1.82) is 0 Å². The molecular formula is C17H15F2NO. The van der Waals surface area contributed by atoms with Gasteiger partial charge in [0.15, 0.2) is 0 Å². The molecule has 1 aromatic carbocycles. The predicted molar refractivity (Wildman–Crippen MR) is 75.0 cm³/mol. The Hall–Kier alpha value is -2.10. The molecular weight excluding hydrogens is 272 g/mol. The number of Topliss-reactive ketones (excluding diaryl/α,β-unsaturated/α-hetero) is 1. The zero-order valence-electron chi connectivity index (χ0n) is 11.5. The van der Waals surface area contributed by atoms with E-state index < -0.39 is 11.6 Å². The van der Waals surface area contributed by atoms with E-state index in [-0.39, 0.29) is 23.7 Å². The van der Waals surface area contributed by atoms with Crippen LogP contribution >= 0.6 is 0 Å². The number of ketones is 1. The van der Waals surface area contributed by atoms with E-state index in [0.717, 1.165) is 24.1 Å². The van der Waals surface area contributed by atoms with Crippen LogP contribution in [0.1, 0.15) is 35.6 Å². The lowest BCUT2D eigenvalue weighted by Gasteiger charge is -2.23. The predicted octanol–water partition coefficient (Wildman–Crippen LogP) is 3.59. The molecule has 2 aromatic rings. The van der Waals surface area contributed by atoms with Crippen LogP contribution in [0.5, 0.6) is 0 Å². The number of nitrogens with zero attached hydrogens (tertiary/aromatic N) is 1. The number of carbonyl (C=O) groups is 1. The zero-order chi connectivity index (χ0) is 14.8. The molecule has 1 heterocycles. The lowest BCUT2D eigenvalue weighted by Crippen LogP contribution is -2.22. The first-order chi connectivity index (χ1) is 10.2. The third kappa shape index (κ3) is 2.71. The van der Waals surface area contributed by atoms with Gasteiger partial charge in [-0.1, -0.05) is 12.1 Å². The third-order valence-electron chi connectivity index (χ3n) is 4.00. The molecule has 108 valence electrons. The number of hydrogen-bond donors (Lipinski definition) is 0. The van der Waals surface area contributed by atoms with Crippen LogP contribution in [0.25, 0.3) is 0 Å². The summed E-state index contributed by atoms with van der Waals surface area (Å²) >= 11 is 0. The number of pyridine rings is 1. The highest BCUT2D eigenvalue weighted by molar-refractivity contribution is 5.87. The Labute approximate surface area is 121 Å². The third-order valence-corrected chi connectivity index (χ3v) is 4.00. The first-order valence-corrected chi connectivity index (χ1v) is 7.06. The van der Waals surface area contributed by atoms with Crippen LogP contribution in [0, 0.1) is 11.6 Å². The van der Waals surface area contributed by atoms with E-state index in [1.54, 1.807) is 6.20 Å². The van der Waals surface area contributed by atoms with Crippen LogP contribution in [-0.2, 0) is 17.6 Å². The van der Waals surface area contributed by atoms with Crippen molar-refractivity contribution >= 4 is 5.78 Å². The lowest BCUT2D eigenvalue weighted by atomic mass is 9.82.